The number of carbonyl (C=O) groups excluding carboxylic acids is 1. The zero-order valence-electron chi connectivity index (χ0n) is 11.6. The maximum atomic E-state index is 11.1. The van der Waals surface area contributed by atoms with E-state index in [2.05, 4.69) is 23.0 Å². The minimum absolute atomic E-state index is 0.0405. The number of hydrogen-bond acceptors (Lipinski definition) is 4. The Hall–Kier alpha value is -1.55. The van der Waals surface area contributed by atoms with E-state index < -0.39 is 0 Å². The van der Waals surface area contributed by atoms with Crippen LogP contribution >= 0.6 is 0 Å². The number of ether oxygens (including phenoxy) is 2. The highest BCUT2D eigenvalue weighted by Gasteiger charge is 2.19. The summed E-state index contributed by atoms with van der Waals surface area (Å²) in [6.45, 7) is 3.03. The van der Waals surface area contributed by atoms with Crippen molar-refractivity contribution in [1.82, 2.24) is 5.32 Å². The van der Waals surface area contributed by atoms with E-state index in [-0.39, 0.29) is 12.6 Å². The van der Waals surface area contributed by atoms with E-state index in [0.29, 0.717) is 6.04 Å². The molecule has 2 rings (SSSR count). The van der Waals surface area contributed by atoms with Crippen LogP contribution in [0, 0.1) is 0 Å². The third kappa shape index (κ3) is 3.47. The maximum Gasteiger partial charge on any atom is 0.343 e. The number of nitrogens with one attached hydrogen (secondary N) is 1. The first-order valence-electron chi connectivity index (χ1n) is 6.80. The van der Waals surface area contributed by atoms with Crippen molar-refractivity contribution in [3.8, 4) is 5.75 Å². The predicted octanol–water partition coefficient (Wildman–Crippen LogP) is 2.23. The molecule has 0 saturated heterocycles. The van der Waals surface area contributed by atoms with Crippen molar-refractivity contribution in [1.29, 1.82) is 0 Å². The summed E-state index contributed by atoms with van der Waals surface area (Å²) in [6.07, 6.45) is 3.49. The molecule has 1 aromatic rings. The first kappa shape index (κ1) is 13.9. The molecule has 4 heteroatoms. The summed E-state index contributed by atoms with van der Waals surface area (Å²) in [6, 6.07) is 6.47. The van der Waals surface area contributed by atoms with Gasteiger partial charge in [-0.3, -0.25) is 0 Å². The molecule has 0 radical (unpaired) electrons. The summed E-state index contributed by atoms with van der Waals surface area (Å²) in [5, 5.41) is 3.50. The lowest BCUT2D eigenvalue weighted by molar-refractivity contribution is -0.142. The molecule has 4 nitrogen and oxygen atoms in total. The quantitative estimate of drug-likeness (QED) is 0.828. The van der Waals surface area contributed by atoms with Gasteiger partial charge >= 0.3 is 5.97 Å². The fourth-order valence-electron chi connectivity index (χ4n) is 2.53. The standard InChI is InChI=1S/C15H21NO3/c1-3-16-14-6-4-5-11-7-8-12(9-13(11)14)19-10-15(17)18-2/h7-9,14,16H,3-6,10H2,1-2H3. The van der Waals surface area contributed by atoms with Gasteiger partial charge in [0.2, 0.25) is 0 Å². The Morgan fingerprint density at radius 3 is 3.05 bits per heavy atom. The molecule has 0 fully saturated rings. The minimum Gasteiger partial charge on any atom is -0.482 e. The Morgan fingerprint density at radius 2 is 2.32 bits per heavy atom. The molecule has 1 aliphatic carbocycles. The second kappa shape index (κ2) is 6.57. The van der Waals surface area contributed by atoms with Gasteiger partial charge in [-0.15, -0.1) is 0 Å². The lowest BCUT2D eigenvalue weighted by atomic mass is 9.87. The number of esters is 1. The number of benzene rings is 1. The normalized spacial score (nSPS) is 17.7. The second-order valence-electron chi connectivity index (χ2n) is 4.73. The van der Waals surface area contributed by atoms with E-state index in [1.54, 1.807) is 0 Å². The number of aryl methyl sites for hydroxylation is 1. The van der Waals surface area contributed by atoms with Gasteiger partial charge in [-0.1, -0.05) is 13.0 Å². The third-order valence-electron chi connectivity index (χ3n) is 3.47. The molecule has 0 aliphatic heterocycles. The topological polar surface area (TPSA) is 47.6 Å². The molecular formula is C15H21NO3. The molecule has 0 spiro atoms. The van der Waals surface area contributed by atoms with Gasteiger partial charge in [-0.2, -0.15) is 0 Å². The average Bonchev–Trinajstić information content (AvgIpc) is 2.45. The summed E-state index contributed by atoms with van der Waals surface area (Å²) in [7, 11) is 1.36. The molecule has 0 aromatic heterocycles. The van der Waals surface area contributed by atoms with Crippen LogP contribution in [0.2, 0.25) is 0 Å². The monoisotopic (exact) mass is 263 g/mol. The van der Waals surface area contributed by atoms with Gasteiger partial charge in [0.1, 0.15) is 5.75 Å². The molecule has 1 aliphatic rings. The van der Waals surface area contributed by atoms with Crippen LogP contribution in [-0.2, 0) is 16.0 Å². The highest BCUT2D eigenvalue weighted by atomic mass is 16.6. The van der Waals surface area contributed by atoms with Crippen molar-refractivity contribution in [3.05, 3.63) is 29.3 Å². The molecular weight excluding hydrogens is 242 g/mol. The minimum atomic E-state index is -0.360. The van der Waals surface area contributed by atoms with Crippen LogP contribution in [0.3, 0.4) is 0 Å². The zero-order valence-corrected chi connectivity index (χ0v) is 11.6. The molecule has 104 valence electrons. The Bertz CT molecular complexity index is 445. The Morgan fingerprint density at radius 1 is 1.47 bits per heavy atom. The van der Waals surface area contributed by atoms with Gasteiger partial charge in [0.15, 0.2) is 6.61 Å². The fourth-order valence-corrected chi connectivity index (χ4v) is 2.53. The molecule has 19 heavy (non-hydrogen) atoms. The molecule has 1 aromatic carbocycles. The van der Waals surface area contributed by atoms with Crippen molar-refractivity contribution < 1.29 is 14.3 Å². The van der Waals surface area contributed by atoms with Crippen molar-refractivity contribution >= 4 is 5.97 Å². The zero-order chi connectivity index (χ0) is 13.7. The summed E-state index contributed by atoms with van der Waals surface area (Å²) in [5.41, 5.74) is 2.68. The van der Waals surface area contributed by atoms with E-state index in [0.717, 1.165) is 25.1 Å². The van der Waals surface area contributed by atoms with E-state index in [1.165, 1.54) is 24.7 Å². The van der Waals surface area contributed by atoms with E-state index in [1.807, 2.05) is 12.1 Å². The average molecular weight is 263 g/mol. The highest BCUT2D eigenvalue weighted by molar-refractivity contribution is 5.70. The maximum absolute atomic E-state index is 11.1. The van der Waals surface area contributed by atoms with Crippen LogP contribution in [0.15, 0.2) is 18.2 Å². The summed E-state index contributed by atoms with van der Waals surface area (Å²) in [5.74, 6) is 0.370. The number of methoxy groups -OCH3 is 1. The Kier molecular flexibility index (Phi) is 4.80. The summed E-state index contributed by atoms with van der Waals surface area (Å²) < 4.78 is 10.0. The van der Waals surface area contributed by atoms with Crippen LogP contribution in [0.4, 0.5) is 0 Å². The smallest absolute Gasteiger partial charge is 0.343 e. The van der Waals surface area contributed by atoms with Gasteiger partial charge in [0.05, 0.1) is 7.11 Å². The second-order valence-corrected chi connectivity index (χ2v) is 4.73. The first-order valence-corrected chi connectivity index (χ1v) is 6.80. The molecule has 0 saturated carbocycles. The third-order valence-corrected chi connectivity index (χ3v) is 3.47. The lowest BCUT2D eigenvalue weighted by Crippen LogP contribution is -2.25. The SMILES string of the molecule is CCNC1CCCc2ccc(OCC(=O)OC)cc21. The fraction of sp³-hybridized carbons (Fsp3) is 0.533. The van der Waals surface area contributed by atoms with Crippen LogP contribution in [0.5, 0.6) is 5.75 Å². The Labute approximate surface area is 114 Å². The largest absolute Gasteiger partial charge is 0.482 e. The van der Waals surface area contributed by atoms with E-state index in [9.17, 15) is 4.79 Å². The van der Waals surface area contributed by atoms with Crippen molar-refractivity contribution in [2.75, 3.05) is 20.3 Å². The predicted molar refractivity (Wildman–Crippen MR) is 73.3 cm³/mol. The summed E-state index contributed by atoms with van der Waals surface area (Å²) in [4.78, 5) is 11.1. The number of fused-ring (bicyclic) bond motifs is 1. The van der Waals surface area contributed by atoms with Gasteiger partial charge in [-0.25, -0.2) is 4.79 Å². The molecule has 0 bridgehead atoms. The van der Waals surface area contributed by atoms with Gasteiger partial charge < -0.3 is 14.8 Å². The molecule has 0 heterocycles. The summed E-state index contributed by atoms with van der Waals surface area (Å²) >= 11 is 0. The van der Waals surface area contributed by atoms with Gasteiger partial charge in [-0.05, 0) is 49.1 Å². The van der Waals surface area contributed by atoms with Crippen molar-refractivity contribution in [2.24, 2.45) is 0 Å². The Balaban J connectivity index is 2.11. The van der Waals surface area contributed by atoms with E-state index >= 15 is 0 Å². The lowest BCUT2D eigenvalue weighted by Gasteiger charge is -2.26. The number of hydrogen-bond donors (Lipinski definition) is 1. The molecule has 1 atom stereocenters. The van der Waals surface area contributed by atoms with Gasteiger partial charge in [0.25, 0.3) is 0 Å². The van der Waals surface area contributed by atoms with Crippen LogP contribution < -0.4 is 10.1 Å². The van der Waals surface area contributed by atoms with Crippen molar-refractivity contribution in [3.63, 3.8) is 0 Å². The van der Waals surface area contributed by atoms with Crippen LogP contribution in [0.1, 0.15) is 36.9 Å². The number of carbonyl (C=O) groups is 1. The van der Waals surface area contributed by atoms with Gasteiger partial charge in [0, 0.05) is 6.04 Å². The van der Waals surface area contributed by atoms with Crippen LogP contribution in [-0.4, -0.2) is 26.2 Å². The molecule has 0 amide bonds. The highest BCUT2D eigenvalue weighted by Crippen LogP contribution is 2.32. The van der Waals surface area contributed by atoms with E-state index in [4.69, 9.17) is 4.74 Å². The first-order chi connectivity index (χ1) is 9.24. The molecule has 1 N–H and O–H groups in total. The van der Waals surface area contributed by atoms with Crippen LogP contribution in [0.25, 0.3) is 0 Å². The molecule has 1 unspecified atom stereocenters. The van der Waals surface area contributed by atoms with Crippen molar-refractivity contribution in [2.45, 2.75) is 32.2 Å². The number of rotatable bonds is 5.